The molecule has 0 N–H and O–H groups in total. The Balaban J connectivity index is 0.630. The quantitative estimate of drug-likeness (QED) is 0.0497. The van der Waals surface area contributed by atoms with Crippen LogP contribution in [0.4, 0.5) is 0 Å². The van der Waals surface area contributed by atoms with E-state index in [1.165, 1.54) is 231 Å². The lowest BCUT2D eigenvalue weighted by Gasteiger charge is -2.57. The number of rotatable bonds is 32. The van der Waals surface area contributed by atoms with Crippen molar-refractivity contribution in [2.24, 2.45) is 76.9 Å². The normalized spacial score (nSPS) is 34.1. The second-order valence-electron chi connectivity index (χ2n) is 25.6. The van der Waals surface area contributed by atoms with Gasteiger partial charge in [-0.15, -0.1) is 0 Å². The van der Waals surface area contributed by atoms with Gasteiger partial charge in [0.15, 0.2) is 0 Å². The molecule has 0 bridgehead atoms. The fourth-order valence-electron chi connectivity index (χ4n) is 17.3. The van der Waals surface area contributed by atoms with Crippen LogP contribution < -0.4 is 0 Å². The summed E-state index contributed by atoms with van der Waals surface area (Å²) >= 11 is 0. The number of ether oxygens (including phenoxy) is 1. The molecule has 0 aliphatic heterocycles. The van der Waals surface area contributed by atoms with E-state index in [0.29, 0.717) is 12.5 Å². The molecule has 7 saturated carbocycles. The van der Waals surface area contributed by atoms with Crippen LogP contribution in [0, 0.1) is 76.9 Å². The summed E-state index contributed by atoms with van der Waals surface area (Å²) in [6.45, 7) is 2.99. The summed E-state index contributed by atoms with van der Waals surface area (Å²) in [4.78, 5) is 13.6. The van der Waals surface area contributed by atoms with Crippen LogP contribution in [-0.2, 0) is 9.53 Å². The minimum Gasteiger partial charge on any atom is -0.465 e. The van der Waals surface area contributed by atoms with Crippen LogP contribution in [0.5, 0.6) is 0 Å². The Bertz CT molecular complexity index is 1240. The van der Waals surface area contributed by atoms with Gasteiger partial charge < -0.3 is 4.74 Å². The van der Waals surface area contributed by atoms with E-state index in [0.717, 1.165) is 77.9 Å². The van der Waals surface area contributed by atoms with E-state index in [1.54, 1.807) is 57.8 Å². The second-order valence-corrected chi connectivity index (χ2v) is 25.6. The number of hydrogen-bond donors (Lipinski definition) is 0. The molecule has 13 atom stereocenters. The molecule has 7 aliphatic carbocycles. The zero-order valence-electron chi connectivity index (χ0n) is 43.8. The molecule has 0 aromatic heterocycles. The van der Waals surface area contributed by atoms with E-state index in [9.17, 15) is 4.79 Å². The number of esters is 1. The maximum Gasteiger partial charge on any atom is 0.309 e. The van der Waals surface area contributed by atoms with Gasteiger partial charge in [-0.1, -0.05) is 232 Å². The Morgan fingerprint density at radius 2 is 0.585 bits per heavy atom. The summed E-state index contributed by atoms with van der Waals surface area (Å²) < 4.78 is 6.11. The minimum atomic E-state index is 0.201. The van der Waals surface area contributed by atoms with Gasteiger partial charge >= 0.3 is 5.97 Å². The summed E-state index contributed by atoms with van der Waals surface area (Å²) in [6, 6.07) is 0. The van der Waals surface area contributed by atoms with E-state index in [1.807, 2.05) is 0 Å². The van der Waals surface area contributed by atoms with Gasteiger partial charge in [-0.05, 0) is 148 Å². The summed E-state index contributed by atoms with van der Waals surface area (Å²) in [5.41, 5.74) is 0. The van der Waals surface area contributed by atoms with E-state index < -0.39 is 0 Å². The molecule has 0 aromatic carbocycles. The van der Waals surface area contributed by atoms with E-state index in [2.05, 4.69) is 6.92 Å². The van der Waals surface area contributed by atoms with Crippen molar-refractivity contribution in [2.45, 2.75) is 309 Å². The molecule has 2 heteroatoms. The fourth-order valence-corrected chi connectivity index (χ4v) is 17.3. The molecule has 13 unspecified atom stereocenters. The Morgan fingerprint density at radius 1 is 0.308 bits per heavy atom. The van der Waals surface area contributed by atoms with Crippen molar-refractivity contribution in [3.05, 3.63) is 0 Å². The maximum atomic E-state index is 13.6. The lowest BCUT2D eigenvalue weighted by Crippen LogP contribution is -2.48. The predicted octanol–water partition coefficient (Wildman–Crippen LogP) is 20.0. The molecule has 0 spiro atoms. The van der Waals surface area contributed by atoms with Crippen molar-refractivity contribution in [1.29, 1.82) is 0 Å². The molecule has 65 heavy (non-hydrogen) atoms. The van der Waals surface area contributed by atoms with Gasteiger partial charge in [0, 0.05) is 0 Å². The van der Waals surface area contributed by atoms with Crippen molar-refractivity contribution < 1.29 is 9.53 Å². The van der Waals surface area contributed by atoms with E-state index in [-0.39, 0.29) is 11.9 Å². The lowest BCUT2D eigenvalue weighted by molar-refractivity contribution is -0.156. The fraction of sp³-hybridized carbons (Fsp3) is 0.984. The topological polar surface area (TPSA) is 26.3 Å². The first kappa shape index (κ1) is 52.3. The Morgan fingerprint density at radius 3 is 0.938 bits per heavy atom. The third-order valence-corrected chi connectivity index (χ3v) is 21.0. The second kappa shape index (κ2) is 30.3. The highest BCUT2D eigenvalue weighted by atomic mass is 16.5. The van der Waals surface area contributed by atoms with Crippen LogP contribution in [0.25, 0.3) is 0 Å². The SMILES string of the molecule is CCCCCCCCCCCCCCCCCCCCCCCCCCCCCCCCOC(=O)C1CCCC2CC3CC4CC5CC6CC7CCCCC7CC6CC5CC4CC3CC21. The largest absolute Gasteiger partial charge is 0.465 e. The number of hydrogen-bond acceptors (Lipinski definition) is 2. The smallest absolute Gasteiger partial charge is 0.309 e. The molecule has 7 aliphatic rings. The van der Waals surface area contributed by atoms with Gasteiger partial charge in [0.2, 0.25) is 0 Å². The molecular weight excluding hydrogens is 789 g/mol. The van der Waals surface area contributed by atoms with Crippen molar-refractivity contribution in [3.63, 3.8) is 0 Å². The minimum absolute atomic E-state index is 0.201. The number of carbonyl (C=O) groups excluding carboxylic acids is 1. The van der Waals surface area contributed by atoms with Gasteiger partial charge in [0.1, 0.15) is 0 Å². The monoisotopic (exact) mass is 901 g/mol. The number of unbranched alkanes of at least 4 members (excludes halogenated alkanes) is 29. The highest BCUT2D eigenvalue weighted by Crippen LogP contribution is 2.61. The maximum absolute atomic E-state index is 13.6. The average molecular weight is 902 g/mol. The average Bonchev–Trinajstić information content (AvgIpc) is 3.32. The molecule has 7 fully saturated rings. The van der Waals surface area contributed by atoms with Crippen LogP contribution >= 0.6 is 0 Å². The van der Waals surface area contributed by atoms with Crippen molar-refractivity contribution in [1.82, 2.24) is 0 Å². The third kappa shape index (κ3) is 17.4. The van der Waals surface area contributed by atoms with Crippen molar-refractivity contribution in [2.75, 3.05) is 6.61 Å². The molecular formula is C63H112O2. The Hall–Kier alpha value is -0.530. The summed E-state index contributed by atoms with van der Waals surface area (Å²) in [5.74, 6) is 12.3. The Labute approximate surface area is 406 Å². The van der Waals surface area contributed by atoms with Gasteiger partial charge in [0.05, 0.1) is 12.5 Å². The highest BCUT2D eigenvalue weighted by Gasteiger charge is 2.52. The van der Waals surface area contributed by atoms with Crippen LogP contribution in [0.1, 0.15) is 309 Å². The summed E-state index contributed by atoms with van der Waals surface area (Å²) in [7, 11) is 0. The summed E-state index contributed by atoms with van der Waals surface area (Å²) in [5, 5.41) is 0. The standard InChI is InChI=1S/C63H112O2/c1-2-3-4-5-6-7-8-9-10-11-12-13-14-15-16-17-18-19-20-21-22-23-24-25-26-27-28-29-30-33-39-65-63(64)61-38-34-37-52-42-55-45-58-46-56-43-53-40-50-35-31-32-36-51(50)41-54(53)44-57(56)47-59(58)48-60(55)49-62(52)61/h50-62H,2-49H2,1H3. The van der Waals surface area contributed by atoms with Crippen molar-refractivity contribution in [3.8, 4) is 0 Å². The zero-order valence-corrected chi connectivity index (χ0v) is 43.8. The van der Waals surface area contributed by atoms with Crippen LogP contribution in [-0.4, -0.2) is 12.6 Å². The van der Waals surface area contributed by atoms with E-state index >= 15 is 0 Å². The van der Waals surface area contributed by atoms with Crippen molar-refractivity contribution >= 4 is 5.97 Å². The molecule has 0 radical (unpaired) electrons. The van der Waals surface area contributed by atoms with E-state index in [4.69, 9.17) is 4.74 Å². The lowest BCUT2D eigenvalue weighted by atomic mass is 9.48. The highest BCUT2D eigenvalue weighted by molar-refractivity contribution is 5.73. The molecule has 7 rings (SSSR count). The van der Waals surface area contributed by atoms with Crippen LogP contribution in [0.2, 0.25) is 0 Å². The summed E-state index contributed by atoms with van der Waals surface area (Å²) in [6.07, 6.45) is 68.5. The molecule has 0 heterocycles. The number of carbonyl (C=O) groups is 1. The van der Waals surface area contributed by atoms with Crippen LogP contribution in [0.15, 0.2) is 0 Å². The number of fused-ring (bicyclic) bond motifs is 6. The van der Waals surface area contributed by atoms with Gasteiger partial charge in [0.25, 0.3) is 0 Å². The van der Waals surface area contributed by atoms with Gasteiger partial charge in [-0.3, -0.25) is 4.79 Å². The predicted molar refractivity (Wildman–Crippen MR) is 279 cm³/mol. The molecule has 0 saturated heterocycles. The van der Waals surface area contributed by atoms with Gasteiger partial charge in [-0.25, -0.2) is 0 Å². The third-order valence-electron chi connectivity index (χ3n) is 21.0. The first-order valence-corrected chi connectivity index (χ1v) is 31.3. The molecule has 0 aromatic rings. The molecule has 0 amide bonds. The first-order valence-electron chi connectivity index (χ1n) is 31.3. The molecule has 2 nitrogen and oxygen atoms in total. The first-order chi connectivity index (χ1) is 32.2. The molecule has 376 valence electrons. The van der Waals surface area contributed by atoms with Crippen LogP contribution in [0.3, 0.4) is 0 Å². The zero-order chi connectivity index (χ0) is 44.7. The van der Waals surface area contributed by atoms with Gasteiger partial charge in [-0.2, -0.15) is 0 Å². The Kier molecular flexibility index (Phi) is 24.3.